The highest BCUT2D eigenvalue weighted by Crippen LogP contribution is 2.44. The first-order valence-corrected chi connectivity index (χ1v) is 9.04. The zero-order chi connectivity index (χ0) is 18.0. The van der Waals surface area contributed by atoms with E-state index in [1.165, 1.54) is 12.4 Å². The Labute approximate surface area is 154 Å². The van der Waals surface area contributed by atoms with Gasteiger partial charge in [0, 0.05) is 34.5 Å². The Morgan fingerprint density at radius 1 is 1.28 bits per heavy atom. The average molecular weight is 403 g/mol. The molecule has 0 aliphatic carbocycles. The number of aliphatic hydroxyl groups is 1. The summed E-state index contributed by atoms with van der Waals surface area (Å²) in [6.07, 6.45) is 4.51. The molecule has 1 aliphatic rings. The van der Waals surface area contributed by atoms with Gasteiger partial charge in [0.05, 0.1) is 12.1 Å². The summed E-state index contributed by atoms with van der Waals surface area (Å²) in [6.45, 7) is 2.57. The number of carbonyl (C=O) groups excluding carboxylic acids is 2. The van der Waals surface area contributed by atoms with Gasteiger partial charge in [0.1, 0.15) is 0 Å². The van der Waals surface area contributed by atoms with Crippen LogP contribution in [0.15, 0.2) is 47.2 Å². The van der Waals surface area contributed by atoms with Gasteiger partial charge in [-0.15, -0.1) is 0 Å². The molecule has 1 aliphatic heterocycles. The predicted octanol–water partition coefficient (Wildman–Crippen LogP) is 3.45. The third-order valence-corrected chi connectivity index (χ3v) is 4.94. The van der Waals surface area contributed by atoms with Crippen molar-refractivity contribution in [3.8, 4) is 0 Å². The number of hydrogen-bond donors (Lipinski definition) is 1. The van der Waals surface area contributed by atoms with E-state index in [0.717, 1.165) is 17.3 Å². The molecular formula is C19H19BrN2O3. The molecule has 130 valence electrons. The molecule has 0 saturated heterocycles. The van der Waals surface area contributed by atoms with E-state index >= 15 is 0 Å². The maximum atomic E-state index is 13.0. The summed E-state index contributed by atoms with van der Waals surface area (Å²) < 4.78 is 0.756. The van der Waals surface area contributed by atoms with Crippen molar-refractivity contribution >= 4 is 33.3 Å². The van der Waals surface area contributed by atoms with E-state index in [4.69, 9.17) is 0 Å². The highest BCUT2D eigenvalue weighted by Gasteiger charge is 2.50. The third-order valence-electron chi connectivity index (χ3n) is 4.45. The molecule has 5 nitrogen and oxygen atoms in total. The SMILES string of the molecule is CCCCN1C(=O)[C@](O)(CC(=O)c2ccncc2)c2cc(Br)ccc21. The van der Waals surface area contributed by atoms with E-state index in [-0.39, 0.29) is 12.2 Å². The average Bonchev–Trinajstić information content (AvgIpc) is 2.81. The lowest BCUT2D eigenvalue weighted by Gasteiger charge is -2.22. The van der Waals surface area contributed by atoms with Crippen LogP contribution in [0, 0.1) is 0 Å². The lowest BCUT2D eigenvalue weighted by Crippen LogP contribution is -2.42. The normalized spacial score (nSPS) is 19.2. The first kappa shape index (κ1) is 17.8. The molecule has 0 bridgehead atoms. The molecule has 0 fully saturated rings. The molecule has 0 spiro atoms. The van der Waals surface area contributed by atoms with Crippen molar-refractivity contribution in [1.82, 2.24) is 4.98 Å². The number of aromatic nitrogens is 1. The highest BCUT2D eigenvalue weighted by molar-refractivity contribution is 9.10. The summed E-state index contributed by atoms with van der Waals surface area (Å²) in [6, 6.07) is 8.53. The molecule has 3 rings (SSSR count). The maximum absolute atomic E-state index is 13.0. The molecule has 1 aromatic carbocycles. The number of ketones is 1. The van der Waals surface area contributed by atoms with Gasteiger partial charge in [-0.3, -0.25) is 14.6 Å². The van der Waals surface area contributed by atoms with Gasteiger partial charge >= 0.3 is 0 Å². The molecule has 25 heavy (non-hydrogen) atoms. The predicted molar refractivity (Wildman–Crippen MR) is 98.5 cm³/mol. The summed E-state index contributed by atoms with van der Waals surface area (Å²) in [7, 11) is 0. The number of unbranched alkanes of at least 4 members (excludes halogenated alkanes) is 1. The zero-order valence-electron chi connectivity index (χ0n) is 13.9. The topological polar surface area (TPSA) is 70.5 Å². The number of anilines is 1. The molecule has 1 amide bonds. The standard InChI is InChI=1S/C19H19BrN2O3/c1-2-3-10-22-16-5-4-14(20)11-15(16)19(25,18(22)24)12-17(23)13-6-8-21-9-7-13/h4-9,11,25H,2-3,10,12H2,1H3/t19-/m0/s1. The number of rotatable bonds is 6. The van der Waals surface area contributed by atoms with Gasteiger partial charge in [0.15, 0.2) is 11.4 Å². The van der Waals surface area contributed by atoms with Crippen molar-refractivity contribution in [2.24, 2.45) is 0 Å². The fourth-order valence-corrected chi connectivity index (χ4v) is 3.47. The van der Waals surface area contributed by atoms with Crippen molar-refractivity contribution in [2.75, 3.05) is 11.4 Å². The summed E-state index contributed by atoms with van der Waals surface area (Å²) in [4.78, 5) is 31.0. The zero-order valence-corrected chi connectivity index (χ0v) is 15.5. The molecule has 1 atom stereocenters. The quantitative estimate of drug-likeness (QED) is 0.751. The molecule has 0 radical (unpaired) electrons. The van der Waals surface area contributed by atoms with Gasteiger partial charge in [-0.1, -0.05) is 29.3 Å². The van der Waals surface area contributed by atoms with Crippen LogP contribution < -0.4 is 4.90 Å². The Kier molecular flexibility index (Phi) is 5.01. The number of Topliss-reactive ketones (excluding diaryl/α,β-unsaturated/α-hetero) is 1. The highest BCUT2D eigenvalue weighted by atomic mass is 79.9. The van der Waals surface area contributed by atoms with Gasteiger partial charge in [0.2, 0.25) is 0 Å². The van der Waals surface area contributed by atoms with Gasteiger partial charge in [-0.25, -0.2) is 0 Å². The fourth-order valence-electron chi connectivity index (χ4n) is 3.10. The van der Waals surface area contributed by atoms with Crippen molar-refractivity contribution in [3.63, 3.8) is 0 Å². The lowest BCUT2D eigenvalue weighted by molar-refractivity contribution is -0.135. The monoisotopic (exact) mass is 402 g/mol. The van der Waals surface area contributed by atoms with Crippen LogP contribution in [0.25, 0.3) is 0 Å². The van der Waals surface area contributed by atoms with Crippen molar-refractivity contribution in [2.45, 2.75) is 31.8 Å². The minimum absolute atomic E-state index is 0.290. The Morgan fingerprint density at radius 2 is 2.00 bits per heavy atom. The van der Waals surface area contributed by atoms with Gasteiger partial charge in [-0.2, -0.15) is 0 Å². The number of nitrogens with zero attached hydrogens (tertiary/aromatic N) is 2. The van der Waals surface area contributed by atoms with Crippen LogP contribution in [0.4, 0.5) is 5.69 Å². The van der Waals surface area contributed by atoms with Crippen LogP contribution in [0.5, 0.6) is 0 Å². The second-order valence-corrected chi connectivity index (χ2v) is 7.08. The lowest BCUT2D eigenvalue weighted by atomic mass is 9.88. The summed E-state index contributed by atoms with van der Waals surface area (Å²) in [5.74, 6) is -0.724. The molecule has 2 aromatic rings. The minimum Gasteiger partial charge on any atom is -0.375 e. The summed E-state index contributed by atoms with van der Waals surface area (Å²) in [5, 5.41) is 11.2. The molecule has 0 saturated carbocycles. The van der Waals surface area contributed by atoms with Crippen molar-refractivity contribution < 1.29 is 14.7 Å². The Hall–Kier alpha value is -2.05. The molecular weight excluding hydrogens is 384 g/mol. The van der Waals surface area contributed by atoms with E-state index in [9.17, 15) is 14.7 Å². The Bertz CT molecular complexity index is 810. The van der Waals surface area contributed by atoms with Crippen LogP contribution in [-0.2, 0) is 10.4 Å². The van der Waals surface area contributed by atoms with Gasteiger partial charge in [-0.05, 0) is 36.8 Å². The summed E-state index contributed by atoms with van der Waals surface area (Å²) in [5.41, 5.74) is -0.260. The van der Waals surface area contributed by atoms with E-state index in [0.29, 0.717) is 23.4 Å². The first-order valence-electron chi connectivity index (χ1n) is 8.25. The maximum Gasteiger partial charge on any atom is 0.264 e. The van der Waals surface area contributed by atoms with Gasteiger partial charge < -0.3 is 10.0 Å². The second-order valence-electron chi connectivity index (χ2n) is 6.17. The van der Waals surface area contributed by atoms with Crippen molar-refractivity contribution in [3.05, 3.63) is 58.3 Å². The van der Waals surface area contributed by atoms with Crippen LogP contribution in [0.1, 0.15) is 42.1 Å². The third kappa shape index (κ3) is 3.24. The fraction of sp³-hybridized carbons (Fsp3) is 0.316. The smallest absolute Gasteiger partial charge is 0.264 e. The van der Waals surface area contributed by atoms with Gasteiger partial charge in [0.25, 0.3) is 5.91 Å². The number of fused-ring (bicyclic) bond motifs is 1. The number of amides is 1. The summed E-state index contributed by atoms with van der Waals surface area (Å²) >= 11 is 3.39. The number of hydrogen-bond acceptors (Lipinski definition) is 4. The Balaban J connectivity index is 1.98. The van der Waals surface area contributed by atoms with Crippen LogP contribution in [-0.4, -0.2) is 28.3 Å². The van der Waals surface area contributed by atoms with E-state index in [1.807, 2.05) is 19.1 Å². The van der Waals surface area contributed by atoms with Crippen LogP contribution in [0.3, 0.4) is 0 Å². The van der Waals surface area contributed by atoms with Crippen LogP contribution >= 0.6 is 15.9 Å². The first-order chi connectivity index (χ1) is 12.0. The van der Waals surface area contributed by atoms with Crippen LogP contribution in [0.2, 0.25) is 0 Å². The molecule has 6 heteroatoms. The Morgan fingerprint density at radius 3 is 2.68 bits per heavy atom. The van der Waals surface area contributed by atoms with Crippen molar-refractivity contribution in [1.29, 1.82) is 0 Å². The van der Waals surface area contributed by atoms with E-state index in [1.54, 1.807) is 23.1 Å². The number of pyridine rings is 1. The minimum atomic E-state index is -1.84. The second kappa shape index (κ2) is 7.06. The van der Waals surface area contributed by atoms with E-state index in [2.05, 4.69) is 20.9 Å². The number of benzene rings is 1. The molecule has 0 unspecified atom stereocenters. The molecule has 1 N–H and O–H groups in total. The number of halogens is 1. The number of carbonyl (C=O) groups is 2. The molecule has 2 heterocycles. The van der Waals surface area contributed by atoms with E-state index < -0.39 is 11.5 Å². The molecule has 1 aromatic heterocycles. The largest absolute Gasteiger partial charge is 0.375 e.